The van der Waals surface area contributed by atoms with Crippen LogP contribution in [0, 0.1) is 0 Å². The number of ketones is 1. The van der Waals surface area contributed by atoms with E-state index in [0.29, 0.717) is 18.1 Å². The van der Waals surface area contributed by atoms with Crippen molar-refractivity contribution in [3.8, 4) is 5.75 Å². The average Bonchev–Trinajstić information content (AvgIpc) is 2.69. The molecule has 2 heterocycles. The quantitative estimate of drug-likeness (QED) is 0.707. The molecule has 1 aliphatic rings. The van der Waals surface area contributed by atoms with Crippen molar-refractivity contribution in [2.75, 3.05) is 13.2 Å². The molecule has 5 nitrogen and oxygen atoms in total. The average molecular weight is 195 g/mol. The number of aromatic amines is 1. The zero-order chi connectivity index (χ0) is 10.1. The van der Waals surface area contributed by atoms with Crippen LogP contribution in [-0.2, 0) is 4.74 Å². The summed E-state index contributed by atoms with van der Waals surface area (Å²) in [6.45, 7) is 2.07. The Labute approximate surface area is 80.0 Å². The summed E-state index contributed by atoms with van der Waals surface area (Å²) in [4.78, 5) is 25.1. The Balaban J connectivity index is 2.27. The van der Waals surface area contributed by atoms with Gasteiger partial charge in [0, 0.05) is 6.07 Å². The highest BCUT2D eigenvalue weighted by Gasteiger charge is 2.26. The molecular formula is C9H9NO4. The minimum absolute atomic E-state index is 0.0459. The molecule has 0 unspecified atom stereocenters. The summed E-state index contributed by atoms with van der Waals surface area (Å²) in [6, 6.07) is 1.48. The van der Waals surface area contributed by atoms with Crippen molar-refractivity contribution in [2.45, 2.75) is 6.92 Å². The molecule has 14 heavy (non-hydrogen) atoms. The molecule has 5 heteroatoms. The van der Waals surface area contributed by atoms with Gasteiger partial charge in [0.25, 0.3) is 0 Å². The van der Waals surface area contributed by atoms with Gasteiger partial charge >= 0.3 is 5.97 Å². The second kappa shape index (κ2) is 3.17. The van der Waals surface area contributed by atoms with E-state index < -0.39 is 5.97 Å². The highest BCUT2D eigenvalue weighted by Crippen LogP contribution is 2.25. The molecule has 0 fully saturated rings. The molecule has 0 saturated carbocycles. The summed E-state index contributed by atoms with van der Waals surface area (Å²) in [5, 5.41) is 0. The van der Waals surface area contributed by atoms with E-state index in [2.05, 4.69) is 4.98 Å². The fourth-order valence-corrected chi connectivity index (χ4v) is 1.29. The van der Waals surface area contributed by atoms with Gasteiger partial charge in [-0.3, -0.25) is 4.79 Å². The predicted molar refractivity (Wildman–Crippen MR) is 46.6 cm³/mol. The fraction of sp³-hybridized carbons (Fsp3) is 0.333. The maximum absolute atomic E-state index is 11.2. The SMILES string of the molecule is CCOC(=O)c1cc2c([nH]1)C(=O)CO2. The number of nitrogens with one attached hydrogen (secondary N) is 1. The van der Waals surface area contributed by atoms with Gasteiger partial charge in [-0.2, -0.15) is 0 Å². The maximum atomic E-state index is 11.2. The van der Waals surface area contributed by atoms with Crippen LogP contribution in [0.3, 0.4) is 0 Å². The van der Waals surface area contributed by atoms with E-state index in [9.17, 15) is 9.59 Å². The lowest BCUT2D eigenvalue weighted by atomic mass is 10.3. The minimum atomic E-state index is -0.474. The summed E-state index contributed by atoms with van der Waals surface area (Å²) < 4.78 is 9.79. The number of carbonyl (C=O) groups excluding carboxylic acids is 2. The van der Waals surface area contributed by atoms with Crippen LogP contribution in [0.5, 0.6) is 5.75 Å². The van der Waals surface area contributed by atoms with E-state index >= 15 is 0 Å². The van der Waals surface area contributed by atoms with Gasteiger partial charge < -0.3 is 14.5 Å². The molecule has 1 aromatic heterocycles. The summed E-state index contributed by atoms with van der Waals surface area (Å²) in [6.07, 6.45) is 0. The van der Waals surface area contributed by atoms with E-state index in [1.165, 1.54) is 6.07 Å². The Hall–Kier alpha value is -1.78. The van der Waals surface area contributed by atoms with Crippen LogP contribution >= 0.6 is 0 Å². The van der Waals surface area contributed by atoms with Crippen LogP contribution in [0.25, 0.3) is 0 Å². The third-order valence-electron chi connectivity index (χ3n) is 1.91. The van der Waals surface area contributed by atoms with E-state index in [1.807, 2.05) is 0 Å². The number of aromatic nitrogens is 1. The summed E-state index contributed by atoms with van der Waals surface area (Å²) >= 11 is 0. The number of ether oxygens (including phenoxy) is 2. The van der Waals surface area contributed by atoms with E-state index in [4.69, 9.17) is 9.47 Å². The lowest BCUT2D eigenvalue weighted by Crippen LogP contribution is -2.07. The van der Waals surface area contributed by atoms with Gasteiger partial charge in [0.05, 0.1) is 6.61 Å². The first-order chi connectivity index (χ1) is 6.72. The lowest BCUT2D eigenvalue weighted by Gasteiger charge is -1.97. The summed E-state index contributed by atoms with van der Waals surface area (Å²) in [7, 11) is 0. The van der Waals surface area contributed by atoms with Gasteiger partial charge in [-0.1, -0.05) is 0 Å². The van der Waals surface area contributed by atoms with Crippen molar-refractivity contribution in [2.24, 2.45) is 0 Å². The van der Waals surface area contributed by atoms with Gasteiger partial charge in [-0.25, -0.2) is 4.79 Å². The Morgan fingerprint density at radius 1 is 1.71 bits per heavy atom. The van der Waals surface area contributed by atoms with Crippen LogP contribution in [-0.4, -0.2) is 30.0 Å². The second-order valence-electron chi connectivity index (χ2n) is 2.85. The van der Waals surface area contributed by atoms with Crippen LogP contribution < -0.4 is 4.74 Å². The van der Waals surface area contributed by atoms with Gasteiger partial charge in [0.15, 0.2) is 6.61 Å². The molecule has 0 aliphatic carbocycles. The van der Waals surface area contributed by atoms with Gasteiger partial charge in [-0.15, -0.1) is 0 Å². The van der Waals surface area contributed by atoms with Gasteiger partial charge in [-0.05, 0) is 6.92 Å². The second-order valence-corrected chi connectivity index (χ2v) is 2.85. The number of Topliss-reactive ketones (excluding diaryl/α,β-unsaturated/α-hetero) is 1. The number of hydrogen-bond acceptors (Lipinski definition) is 4. The first-order valence-corrected chi connectivity index (χ1v) is 4.28. The van der Waals surface area contributed by atoms with Crippen molar-refractivity contribution < 1.29 is 19.1 Å². The summed E-state index contributed by atoms with van der Waals surface area (Å²) in [5.41, 5.74) is 0.609. The van der Waals surface area contributed by atoms with Crippen molar-refractivity contribution in [1.29, 1.82) is 0 Å². The van der Waals surface area contributed by atoms with Crippen molar-refractivity contribution >= 4 is 11.8 Å². The standard InChI is InChI=1S/C9H9NO4/c1-2-13-9(12)5-3-7-8(10-5)6(11)4-14-7/h3,10H,2,4H2,1H3. The number of carbonyl (C=O) groups is 2. The first kappa shape index (κ1) is 8.80. The highest BCUT2D eigenvalue weighted by molar-refractivity contribution is 6.02. The van der Waals surface area contributed by atoms with Crippen molar-refractivity contribution in [1.82, 2.24) is 4.98 Å². The lowest BCUT2D eigenvalue weighted by molar-refractivity contribution is 0.0520. The van der Waals surface area contributed by atoms with Crippen LogP contribution in [0.15, 0.2) is 6.07 Å². The van der Waals surface area contributed by atoms with Gasteiger partial charge in [0.2, 0.25) is 5.78 Å². The molecule has 0 bridgehead atoms. The van der Waals surface area contributed by atoms with Crippen LogP contribution in [0.2, 0.25) is 0 Å². The zero-order valence-electron chi connectivity index (χ0n) is 7.62. The molecule has 1 aliphatic heterocycles. The number of esters is 1. The Morgan fingerprint density at radius 2 is 2.50 bits per heavy atom. The van der Waals surface area contributed by atoms with Crippen molar-refractivity contribution in [3.05, 3.63) is 17.5 Å². The molecule has 0 amide bonds. The summed E-state index contributed by atoms with van der Waals surface area (Å²) in [5.74, 6) is -0.188. The van der Waals surface area contributed by atoms with E-state index in [0.717, 1.165) is 0 Å². The smallest absolute Gasteiger partial charge is 0.354 e. The molecule has 0 spiro atoms. The molecule has 0 atom stereocenters. The fourth-order valence-electron chi connectivity index (χ4n) is 1.29. The maximum Gasteiger partial charge on any atom is 0.354 e. The first-order valence-electron chi connectivity index (χ1n) is 4.28. The third-order valence-corrected chi connectivity index (χ3v) is 1.91. The molecule has 1 aromatic rings. The minimum Gasteiger partial charge on any atom is -0.483 e. The van der Waals surface area contributed by atoms with Crippen LogP contribution in [0.4, 0.5) is 0 Å². The Kier molecular flexibility index (Phi) is 1.99. The van der Waals surface area contributed by atoms with Crippen molar-refractivity contribution in [3.63, 3.8) is 0 Å². The van der Waals surface area contributed by atoms with E-state index in [-0.39, 0.29) is 18.1 Å². The van der Waals surface area contributed by atoms with Gasteiger partial charge in [0.1, 0.15) is 17.1 Å². The molecule has 2 rings (SSSR count). The molecule has 1 N–H and O–H groups in total. The van der Waals surface area contributed by atoms with E-state index in [1.54, 1.807) is 6.92 Å². The molecule has 0 aromatic carbocycles. The normalized spacial score (nSPS) is 13.6. The molecule has 0 saturated heterocycles. The molecule has 0 radical (unpaired) electrons. The third kappa shape index (κ3) is 1.26. The Morgan fingerprint density at radius 3 is 3.14 bits per heavy atom. The monoisotopic (exact) mass is 195 g/mol. The Bertz CT molecular complexity index is 394. The number of rotatable bonds is 2. The molecular weight excluding hydrogens is 186 g/mol. The number of hydrogen-bond donors (Lipinski definition) is 1. The van der Waals surface area contributed by atoms with Crippen LogP contribution in [0.1, 0.15) is 27.9 Å². The largest absolute Gasteiger partial charge is 0.483 e. The molecule has 74 valence electrons. The zero-order valence-corrected chi connectivity index (χ0v) is 7.62. The number of H-pyrrole nitrogens is 1. The number of fused-ring (bicyclic) bond motifs is 1. The predicted octanol–water partition coefficient (Wildman–Crippen LogP) is 0.766. The topological polar surface area (TPSA) is 68.4 Å². The highest BCUT2D eigenvalue weighted by atomic mass is 16.5.